The van der Waals surface area contributed by atoms with E-state index < -0.39 is 35.9 Å². The summed E-state index contributed by atoms with van der Waals surface area (Å²) in [5, 5.41) is 3.48. The number of alkyl halides is 1. The Labute approximate surface area is 188 Å². The molecule has 0 aliphatic carbocycles. The summed E-state index contributed by atoms with van der Waals surface area (Å²) in [6.07, 6.45) is 0.579. The number of nitrogens with two attached hydrogens (primary N) is 1. The van der Waals surface area contributed by atoms with Crippen molar-refractivity contribution in [2.75, 3.05) is 6.54 Å². The van der Waals surface area contributed by atoms with Crippen molar-refractivity contribution in [3.63, 3.8) is 0 Å². The third-order valence-corrected chi connectivity index (χ3v) is 6.04. The Bertz CT molecular complexity index is 1150. The van der Waals surface area contributed by atoms with Crippen molar-refractivity contribution in [2.24, 2.45) is 5.73 Å². The number of carbonyl (C=O) groups is 2. The van der Waals surface area contributed by atoms with Crippen LogP contribution >= 0.6 is 11.6 Å². The maximum absolute atomic E-state index is 14.2. The predicted molar refractivity (Wildman–Crippen MR) is 118 cm³/mol. The highest BCUT2D eigenvalue weighted by molar-refractivity contribution is 6.30. The van der Waals surface area contributed by atoms with Gasteiger partial charge in [-0.3, -0.25) is 9.59 Å². The third-order valence-electron chi connectivity index (χ3n) is 5.75. The topological polar surface area (TPSA) is 91.2 Å². The number of nitrogens with zero attached hydrogens (tertiary/aromatic N) is 1. The number of benzene rings is 2. The molecule has 3 unspecified atom stereocenters. The Morgan fingerprint density at radius 1 is 1.22 bits per heavy atom. The van der Waals surface area contributed by atoms with E-state index in [0.717, 1.165) is 16.5 Å². The van der Waals surface area contributed by atoms with Gasteiger partial charge in [0.25, 0.3) is 0 Å². The van der Waals surface area contributed by atoms with Crippen LogP contribution in [0.5, 0.6) is 0 Å². The number of H-pyrrole nitrogens is 1. The molecule has 1 aromatic heterocycles. The number of fused-ring (bicyclic) bond motifs is 1. The maximum atomic E-state index is 14.2. The van der Waals surface area contributed by atoms with Gasteiger partial charge in [0.1, 0.15) is 18.0 Å². The number of nitrogens with one attached hydrogen (secondary N) is 2. The highest BCUT2D eigenvalue weighted by atomic mass is 35.5. The fourth-order valence-corrected chi connectivity index (χ4v) is 4.29. The van der Waals surface area contributed by atoms with Gasteiger partial charge in [0.05, 0.1) is 17.6 Å². The number of amides is 2. The molecule has 3 aromatic rings. The molecule has 32 heavy (non-hydrogen) atoms. The number of halogens is 3. The van der Waals surface area contributed by atoms with Crippen LogP contribution in [0.25, 0.3) is 10.9 Å². The van der Waals surface area contributed by atoms with Crippen molar-refractivity contribution in [1.82, 2.24) is 15.2 Å². The smallest absolute Gasteiger partial charge is 0.243 e. The summed E-state index contributed by atoms with van der Waals surface area (Å²) in [6.45, 7) is -0.327. The first-order valence-electron chi connectivity index (χ1n) is 10.3. The molecule has 1 fully saturated rings. The van der Waals surface area contributed by atoms with Gasteiger partial charge in [-0.05, 0) is 24.1 Å². The van der Waals surface area contributed by atoms with E-state index in [0.29, 0.717) is 0 Å². The second kappa shape index (κ2) is 9.26. The van der Waals surface area contributed by atoms with E-state index in [9.17, 15) is 18.4 Å². The van der Waals surface area contributed by atoms with Gasteiger partial charge in [0, 0.05) is 35.6 Å². The van der Waals surface area contributed by atoms with Crippen LogP contribution in [0.2, 0.25) is 5.02 Å². The number of para-hydroxylation sites is 1. The Morgan fingerprint density at radius 3 is 2.81 bits per heavy atom. The molecule has 0 saturated carbocycles. The van der Waals surface area contributed by atoms with Gasteiger partial charge in [-0.1, -0.05) is 41.9 Å². The van der Waals surface area contributed by atoms with E-state index in [-0.39, 0.29) is 36.5 Å². The standard InChI is InChI=1S/C23H23ClF2N4O2/c24-17-6-3-4-13(21(17)26)10-29-22(31)20-9-15(25)12-30(20)23(32)18(27)8-14-11-28-19-7-2-1-5-16(14)19/h1-7,11,15,18,20,28H,8-10,12,27H2,(H,29,31). The van der Waals surface area contributed by atoms with Crippen LogP contribution in [0.1, 0.15) is 17.5 Å². The Kier molecular flexibility index (Phi) is 6.43. The number of aromatic nitrogens is 1. The lowest BCUT2D eigenvalue weighted by Crippen LogP contribution is -2.51. The van der Waals surface area contributed by atoms with Crippen molar-refractivity contribution in [3.05, 3.63) is 70.6 Å². The maximum Gasteiger partial charge on any atom is 0.243 e. The first kappa shape index (κ1) is 22.2. The zero-order valence-electron chi connectivity index (χ0n) is 17.2. The van der Waals surface area contributed by atoms with Crippen LogP contribution in [0.4, 0.5) is 8.78 Å². The summed E-state index contributed by atoms with van der Waals surface area (Å²) < 4.78 is 28.2. The van der Waals surface area contributed by atoms with Gasteiger partial charge in [0.2, 0.25) is 11.8 Å². The zero-order valence-corrected chi connectivity index (χ0v) is 17.9. The molecule has 6 nitrogen and oxygen atoms in total. The van der Waals surface area contributed by atoms with Gasteiger partial charge < -0.3 is 20.9 Å². The van der Waals surface area contributed by atoms with E-state index in [2.05, 4.69) is 10.3 Å². The predicted octanol–water partition coefficient (Wildman–Crippen LogP) is 3.09. The fraction of sp³-hybridized carbons (Fsp3) is 0.304. The molecular formula is C23H23ClF2N4O2. The second-order valence-corrected chi connectivity index (χ2v) is 8.35. The Morgan fingerprint density at radius 2 is 2.00 bits per heavy atom. The molecule has 168 valence electrons. The first-order valence-corrected chi connectivity index (χ1v) is 10.7. The first-order chi connectivity index (χ1) is 15.3. The molecule has 0 bridgehead atoms. The summed E-state index contributed by atoms with van der Waals surface area (Å²) >= 11 is 5.76. The summed E-state index contributed by atoms with van der Waals surface area (Å²) in [6, 6.07) is 10.2. The van der Waals surface area contributed by atoms with E-state index in [1.165, 1.54) is 17.0 Å². The lowest BCUT2D eigenvalue weighted by Gasteiger charge is -2.26. The van der Waals surface area contributed by atoms with Gasteiger partial charge in [-0.25, -0.2) is 8.78 Å². The van der Waals surface area contributed by atoms with Crippen LogP contribution in [-0.4, -0.2) is 46.5 Å². The molecule has 4 N–H and O–H groups in total. The monoisotopic (exact) mass is 460 g/mol. The zero-order chi connectivity index (χ0) is 22.8. The number of hydrogen-bond acceptors (Lipinski definition) is 3. The summed E-state index contributed by atoms with van der Waals surface area (Å²) in [5.41, 5.74) is 8.17. The minimum atomic E-state index is -1.34. The molecule has 2 aromatic carbocycles. The van der Waals surface area contributed by atoms with Crippen molar-refractivity contribution in [3.8, 4) is 0 Å². The number of aromatic amines is 1. The van der Waals surface area contributed by atoms with Crippen LogP contribution in [0, 0.1) is 5.82 Å². The molecule has 2 amide bonds. The van der Waals surface area contributed by atoms with Gasteiger partial charge in [0.15, 0.2) is 0 Å². The Balaban J connectivity index is 1.43. The van der Waals surface area contributed by atoms with Crippen molar-refractivity contribution in [2.45, 2.75) is 37.6 Å². The lowest BCUT2D eigenvalue weighted by molar-refractivity contribution is -0.139. The van der Waals surface area contributed by atoms with Crippen LogP contribution in [0.15, 0.2) is 48.7 Å². The minimum absolute atomic E-state index is 0.0542. The summed E-state index contributed by atoms with van der Waals surface area (Å²) in [4.78, 5) is 30.0. The molecule has 4 rings (SSSR count). The fourth-order valence-electron chi connectivity index (χ4n) is 4.10. The third kappa shape index (κ3) is 4.47. The quantitative estimate of drug-likeness (QED) is 0.528. The molecular weight excluding hydrogens is 438 g/mol. The van der Waals surface area contributed by atoms with E-state index in [1.807, 2.05) is 24.3 Å². The van der Waals surface area contributed by atoms with E-state index in [4.69, 9.17) is 17.3 Å². The van der Waals surface area contributed by atoms with Crippen molar-refractivity contribution in [1.29, 1.82) is 0 Å². The average molecular weight is 461 g/mol. The molecule has 1 saturated heterocycles. The molecule has 1 aliphatic rings. The normalized spacial score (nSPS) is 19.3. The van der Waals surface area contributed by atoms with Crippen molar-refractivity contribution >= 4 is 34.3 Å². The van der Waals surface area contributed by atoms with E-state index >= 15 is 0 Å². The molecule has 3 atom stereocenters. The molecule has 2 heterocycles. The van der Waals surface area contributed by atoms with Crippen molar-refractivity contribution < 1.29 is 18.4 Å². The number of likely N-dealkylation sites (tertiary alicyclic amines) is 1. The number of rotatable bonds is 6. The van der Waals surface area contributed by atoms with Crippen LogP contribution in [0.3, 0.4) is 0 Å². The summed E-state index contributed by atoms with van der Waals surface area (Å²) in [5.74, 6) is -1.68. The number of carbonyl (C=O) groups excluding carboxylic acids is 2. The molecule has 1 aliphatic heterocycles. The highest BCUT2D eigenvalue weighted by Crippen LogP contribution is 2.24. The average Bonchev–Trinajstić information content (AvgIpc) is 3.37. The molecule has 9 heteroatoms. The van der Waals surface area contributed by atoms with Crippen LogP contribution < -0.4 is 11.1 Å². The van der Waals surface area contributed by atoms with Gasteiger partial charge in [-0.2, -0.15) is 0 Å². The second-order valence-electron chi connectivity index (χ2n) is 7.94. The Hall–Kier alpha value is -2.97. The highest BCUT2D eigenvalue weighted by Gasteiger charge is 2.41. The largest absolute Gasteiger partial charge is 0.361 e. The van der Waals surface area contributed by atoms with E-state index in [1.54, 1.807) is 12.3 Å². The lowest BCUT2D eigenvalue weighted by atomic mass is 10.0. The number of hydrogen-bond donors (Lipinski definition) is 3. The molecule has 0 radical (unpaired) electrons. The summed E-state index contributed by atoms with van der Waals surface area (Å²) in [7, 11) is 0. The minimum Gasteiger partial charge on any atom is -0.361 e. The molecule has 0 spiro atoms. The van der Waals surface area contributed by atoms with Gasteiger partial charge >= 0.3 is 0 Å². The van der Waals surface area contributed by atoms with Crippen LogP contribution in [-0.2, 0) is 22.6 Å². The van der Waals surface area contributed by atoms with Gasteiger partial charge in [-0.15, -0.1) is 0 Å². The SMILES string of the molecule is NC(Cc1c[nH]c2ccccc12)C(=O)N1CC(F)CC1C(=O)NCc1cccc(Cl)c1F.